The van der Waals surface area contributed by atoms with E-state index in [1.54, 1.807) is 0 Å². The molecule has 0 saturated heterocycles. The van der Waals surface area contributed by atoms with Crippen molar-refractivity contribution in [3.8, 4) is 0 Å². The summed E-state index contributed by atoms with van der Waals surface area (Å²) in [7, 11) is 1.39. The third kappa shape index (κ3) is 2.64. The van der Waals surface area contributed by atoms with Crippen molar-refractivity contribution in [2.24, 2.45) is 0 Å². The quantitative estimate of drug-likeness (QED) is 0.755. The predicted molar refractivity (Wildman–Crippen MR) is 67.1 cm³/mol. The lowest BCUT2D eigenvalue weighted by Crippen LogP contribution is -2.33. The van der Waals surface area contributed by atoms with Crippen LogP contribution in [0.2, 0.25) is 0 Å². The van der Waals surface area contributed by atoms with E-state index in [1.165, 1.54) is 13.1 Å². The van der Waals surface area contributed by atoms with Crippen molar-refractivity contribution in [3.63, 3.8) is 0 Å². The SMILES string of the molecule is CN1C(=O)OCc2cc(NCC(O)C(=O)O)cc(F)c21. The highest BCUT2D eigenvalue weighted by molar-refractivity contribution is 5.90. The number of nitrogens with one attached hydrogen (secondary N) is 1. The Labute approximate surface area is 113 Å². The van der Waals surface area contributed by atoms with Crippen molar-refractivity contribution < 1.29 is 28.9 Å². The van der Waals surface area contributed by atoms with Crippen molar-refractivity contribution in [1.82, 2.24) is 0 Å². The number of nitrogens with zero attached hydrogens (tertiary/aromatic N) is 1. The first-order valence-corrected chi connectivity index (χ1v) is 5.77. The maximum Gasteiger partial charge on any atom is 0.414 e. The van der Waals surface area contributed by atoms with E-state index >= 15 is 0 Å². The number of halogens is 1. The van der Waals surface area contributed by atoms with E-state index in [9.17, 15) is 14.0 Å². The molecular formula is C12H13FN2O5. The number of aliphatic carboxylic acids is 1. The molecular weight excluding hydrogens is 271 g/mol. The zero-order valence-electron chi connectivity index (χ0n) is 10.6. The van der Waals surface area contributed by atoms with Crippen molar-refractivity contribution >= 4 is 23.4 Å². The maximum atomic E-state index is 14.0. The molecule has 0 radical (unpaired) electrons. The van der Waals surface area contributed by atoms with Gasteiger partial charge < -0.3 is 20.3 Å². The number of benzene rings is 1. The summed E-state index contributed by atoms with van der Waals surface area (Å²) in [5.74, 6) is -2.00. The second-order valence-corrected chi connectivity index (χ2v) is 4.31. The first-order chi connectivity index (χ1) is 9.40. The van der Waals surface area contributed by atoms with Gasteiger partial charge in [0.05, 0.1) is 12.2 Å². The molecule has 1 aromatic rings. The highest BCUT2D eigenvalue weighted by atomic mass is 19.1. The Morgan fingerprint density at radius 3 is 2.95 bits per heavy atom. The molecule has 1 aliphatic heterocycles. The molecule has 1 unspecified atom stereocenters. The fraction of sp³-hybridized carbons (Fsp3) is 0.333. The summed E-state index contributed by atoms with van der Waals surface area (Å²) in [4.78, 5) is 22.8. The van der Waals surface area contributed by atoms with Crippen LogP contribution in [0.15, 0.2) is 12.1 Å². The number of carboxylic acid groups (broad SMARTS) is 1. The van der Waals surface area contributed by atoms with Gasteiger partial charge in [-0.3, -0.25) is 4.90 Å². The van der Waals surface area contributed by atoms with Crippen LogP contribution in [0, 0.1) is 5.82 Å². The largest absolute Gasteiger partial charge is 0.479 e. The Kier molecular flexibility index (Phi) is 3.75. The summed E-state index contributed by atoms with van der Waals surface area (Å²) in [6, 6.07) is 2.67. The van der Waals surface area contributed by atoms with E-state index in [1.807, 2.05) is 0 Å². The van der Waals surface area contributed by atoms with E-state index in [-0.39, 0.29) is 18.8 Å². The zero-order chi connectivity index (χ0) is 14.9. The standard InChI is InChI=1S/C12H13FN2O5/c1-15-10-6(5-20-12(15)19)2-7(3-8(10)13)14-4-9(16)11(17)18/h2-3,9,14,16H,4-5H2,1H3,(H,17,18). The normalized spacial score (nSPS) is 15.3. The number of fused-ring (bicyclic) bond motifs is 1. The van der Waals surface area contributed by atoms with Gasteiger partial charge in [0, 0.05) is 18.3 Å². The van der Waals surface area contributed by atoms with E-state index in [0.717, 1.165) is 11.0 Å². The lowest BCUT2D eigenvalue weighted by Gasteiger charge is -2.26. The van der Waals surface area contributed by atoms with Gasteiger partial charge in [0.15, 0.2) is 6.10 Å². The lowest BCUT2D eigenvalue weighted by atomic mass is 10.1. The zero-order valence-corrected chi connectivity index (χ0v) is 10.6. The number of anilines is 2. The van der Waals surface area contributed by atoms with Crippen LogP contribution >= 0.6 is 0 Å². The maximum absolute atomic E-state index is 14.0. The van der Waals surface area contributed by atoms with E-state index < -0.39 is 24.0 Å². The van der Waals surface area contributed by atoms with Crippen molar-refractivity contribution in [1.29, 1.82) is 0 Å². The second kappa shape index (κ2) is 5.33. The summed E-state index contributed by atoms with van der Waals surface area (Å²) < 4.78 is 18.8. The fourth-order valence-electron chi connectivity index (χ4n) is 1.87. The van der Waals surface area contributed by atoms with Gasteiger partial charge >= 0.3 is 12.1 Å². The van der Waals surface area contributed by atoms with E-state index in [0.29, 0.717) is 11.3 Å². The molecule has 8 heteroatoms. The van der Waals surface area contributed by atoms with Crippen LogP contribution in [0.4, 0.5) is 20.6 Å². The summed E-state index contributed by atoms with van der Waals surface area (Å²) in [5.41, 5.74) is 0.887. The average Bonchev–Trinajstić information content (AvgIpc) is 2.39. The lowest BCUT2D eigenvalue weighted by molar-refractivity contribution is -0.145. The van der Waals surface area contributed by atoms with Crippen LogP contribution in [0.1, 0.15) is 5.56 Å². The molecule has 0 aromatic heterocycles. The van der Waals surface area contributed by atoms with Crippen LogP contribution in [-0.2, 0) is 16.1 Å². The van der Waals surface area contributed by atoms with Gasteiger partial charge in [-0.15, -0.1) is 0 Å². The van der Waals surface area contributed by atoms with Crippen LogP contribution in [-0.4, -0.2) is 42.0 Å². The molecule has 3 N–H and O–H groups in total. The van der Waals surface area contributed by atoms with Crippen LogP contribution in [0.5, 0.6) is 0 Å². The van der Waals surface area contributed by atoms with Crippen molar-refractivity contribution in [2.75, 3.05) is 23.8 Å². The number of hydrogen-bond donors (Lipinski definition) is 3. The van der Waals surface area contributed by atoms with Gasteiger partial charge in [-0.25, -0.2) is 14.0 Å². The van der Waals surface area contributed by atoms with Gasteiger partial charge in [0.2, 0.25) is 0 Å². The first kappa shape index (κ1) is 14.1. The highest BCUT2D eigenvalue weighted by Gasteiger charge is 2.26. The molecule has 0 aliphatic carbocycles. The topological polar surface area (TPSA) is 99.1 Å². The van der Waals surface area contributed by atoms with Gasteiger partial charge in [-0.2, -0.15) is 0 Å². The molecule has 0 fully saturated rings. The van der Waals surface area contributed by atoms with Crippen LogP contribution in [0.25, 0.3) is 0 Å². The van der Waals surface area contributed by atoms with Gasteiger partial charge in [-0.1, -0.05) is 0 Å². The minimum Gasteiger partial charge on any atom is -0.479 e. The number of aliphatic hydroxyl groups is 1. The molecule has 1 aromatic carbocycles. The molecule has 20 heavy (non-hydrogen) atoms. The Balaban J connectivity index is 2.20. The average molecular weight is 284 g/mol. The molecule has 1 amide bonds. The van der Waals surface area contributed by atoms with Gasteiger partial charge in [-0.05, 0) is 12.1 Å². The number of amides is 1. The van der Waals surface area contributed by atoms with Crippen molar-refractivity contribution in [2.45, 2.75) is 12.7 Å². The number of carboxylic acids is 1. The third-order valence-electron chi connectivity index (χ3n) is 2.89. The second-order valence-electron chi connectivity index (χ2n) is 4.31. The molecule has 0 saturated carbocycles. The number of carbonyl (C=O) groups is 2. The summed E-state index contributed by atoms with van der Waals surface area (Å²) in [5, 5.41) is 20.3. The van der Waals surface area contributed by atoms with E-state index in [2.05, 4.69) is 5.32 Å². The highest BCUT2D eigenvalue weighted by Crippen LogP contribution is 2.31. The smallest absolute Gasteiger partial charge is 0.414 e. The van der Waals surface area contributed by atoms with Gasteiger partial charge in [0.1, 0.15) is 12.4 Å². The minimum absolute atomic E-state index is 0.0631. The monoisotopic (exact) mass is 284 g/mol. The van der Waals surface area contributed by atoms with E-state index in [4.69, 9.17) is 14.9 Å². The number of ether oxygens (including phenoxy) is 1. The molecule has 1 aliphatic rings. The molecule has 7 nitrogen and oxygen atoms in total. The number of rotatable bonds is 4. The molecule has 0 bridgehead atoms. The predicted octanol–water partition coefficient (Wildman–Crippen LogP) is 0.769. The Morgan fingerprint density at radius 1 is 1.60 bits per heavy atom. The summed E-state index contributed by atoms with van der Waals surface area (Å²) in [6.07, 6.45) is -2.23. The van der Waals surface area contributed by atoms with Crippen LogP contribution in [0.3, 0.4) is 0 Å². The molecule has 0 spiro atoms. The Bertz CT molecular complexity index is 563. The molecule has 1 atom stereocenters. The third-order valence-corrected chi connectivity index (χ3v) is 2.89. The van der Waals surface area contributed by atoms with Crippen LogP contribution < -0.4 is 10.2 Å². The number of aliphatic hydroxyl groups excluding tert-OH is 1. The molecule has 2 rings (SSSR count). The summed E-state index contributed by atoms with van der Waals surface area (Å²) >= 11 is 0. The van der Waals surface area contributed by atoms with Crippen molar-refractivity contribution in [3.05, 3.63) is 23.5 Å². The Hall–Kier alpha value is -2.35. The molecule has 108 valence electrons. The molecule has 1 heterocycles. The summed E-state index contributed by atoms with van der Waals surface area (Å²) in [6.45, 7) is -0.324. The fourth-order valence-corrected chi connectivity index (χ4v) is 1.87. The number of cyclic esters (lactones) is 1. The van der Waals surface area contributed by atoms with Gasteiger partial charge in [0.25, 0.3) is 0 Å². The first-order valence-electron chi connectivity index (χ1n) is 5.77. The Morgan fingerprint density at radius 2 is 2.30 bits per heavy atom. The number of hydrogen-bond acceptors (Lipinski definition) is 5. The minimum atomic E-state index is -1.59. The number of carbonyl (C=O) groups excluding carboxylic acids is 1.